The molecule has 0 aliphatic heterocycles. The maximum atomic E-state index is 11.0. The molecule has 0 unspecified atom stereocenters. The third-order valence-corrected chi connectivity index (χ3v) is 2.90. The fourth-order valence-electron chi connectivity index (χ4n) is 1.50. The summed E-state index contributed by atoms with van der Waals surface area (Å²) in [4.78, 5) is 21.1. The first-order valence-corrected chi connectivity index (χ1v) is 5.89. The molecule has 0 amide bonds. The van der Waals surface area contributed by atoms with Gasteiger partial charge in [0.05, 0.1) is 17.7 Å². The zero-order chi connectivity index (χ0) is 12.3. The van der Waals surface area contributed by atoms with E-state index in [0.29, 0.717) is 12.4 Å². The fourth-order valence-corrected chi connectivity index (χ4v) is 2.05. The topological polar surface area (TPSA) is 66.3 Å². The van der Waals surface area contributed by atoms with Crippen LogP contribution in [0.1, 0.15) is 16.1 Å². The molecule has 0 bridgehead atoms. The first kappa shape index (κ1) is 11.5. The summed E-state index contributed by atoms with van der Waals surface area (Å²) in [6.07, 6.45) is 1.58. The first-order valence-electron chi connectivity index (χ1n) is 4.95. The summed E-state index contributed by atoms with van der Waals surface area (Å²) in [6, 6.07) is 3.16. The van der Waals surface area contributed by atoms with Gasteiger partial charge < -0.3 is 10.0 Å². The van der Waals surface area contributed by atoms with E-state index < -0.39 is 5.97 Å². The van der Waals surface area contributed by atoms with E-state index >= 15 is 0 Å². The summed E-state index contributed by atoms with van der Waals surface area (Å²) in [6.45, 7) is 0.542. The molecule has 0 spiro atoms. The summed E-state index contributed by atoms with van der Waals surface area (Å²) in [5, 5.41) is 11.0. The number of hydrogen-bond acceptors (Lipinski definition) is 5. The molecule has 0 radical (unpaired) electrons. The van der Waals surface area contributed by atoms with Gasteiger partial charge in [0.15, 0.2) is 0 Å². The van der Waals surface area contributed by atoms with Crippen LogP contribution in [-0.2, 0) is 6.54 Å². The van der Waals surface area contributed by atoms with Crippen LogP contribution in [0.2, 0.25) is 0 Å². The number of hydrogen-bond donors (Lipinski definition) is 1. The zero-order valence-electron chi connectivity index (χ0n) is 9.20. The van der Waals surface area contributed by atoms with E-state index in [9.17, 15) is 4.79 Å². The Morgan fingerprint density at radius 1 is 1.53 bits per heavy atom. The molecule has 2 aromatic rings. The summed E-state index contributed by atoms with van der Waals surface area (Å²) in [5.74, 6) is -0.522. The summed E-state index contributed by atoms with van der Waals surface area (Å²) in [5.41, 5.74) is 2.85. The highest BCUT2D eigenvalue weighted by molar-refractivity contribution is 7.07. The summed E-state index contributed by atoms with van der Waals surface area (Å²) >= 11 is 1.51. The number of aromatic nitrogens is 2. The Morgan fingerprint density at radius 3 is 3.00 bits per heavy atom. The van der Waals surface area contributed by atoms with Crippen molar-refractivity contribution in [2.45, 2.75) is 6.54 Å². The van der Waals surface area contributed by atoms with Crippen LogP contribution in [0.15, 0.2) is 29.2 Å². The minimum atomic E-state index is -0.974. The molecule has 17 heavy (non-hydrogen) atoms. The van der Waals surface area contributed by atoms with Gasteiger partial charge in [0.1, 0.15) is 11.4 Å². The Labute approximate surface area is 102 Å². The average Bonchev–Trinajstić information content (AvgIpc) is 2.81. The fraction of sp³-hybridized carbons (Fsp3) is 0.182. The third-order valence-electron chi connectivity index (χ3n) is 2.26. The zero-order valence-corrected chi connectivity index (χ0v) is 10.0. The number of carboxylic acids is 1. The lowest BCUT2D eigenvalue weighted by atomic mass is 10.2. The third kappa shape index (κ3) is 2.59. The van der Waals surface area contributed by atoms with E-state index in [4.69, 9.17) is 5.11 Å². The molecule has 0 fully saturated rings. The summed E-state index contributed by atoms with van der Waals surface area (Å²) < 4.78 is 0. The van der Waals surface area contributed by atoms with Crippen LogP contribution < -0.4 is 4.90 Å². The number of carboxylic acid groups (broad SMARTS) is 1. The highest BCUT2D eigenvalue weighted by atomic mass is 32.1. The van der Waals surface area contributed by atoms with Crippen LogP contribution in [-0.4, -0.2) is 28.1 Å². The van der Waals surface area contributed by atoms with E-state index in [2.05, 4.69) is 9.97 Å². The van der Waals surface area contributed by atoms with E-state index in [1.807, 2.05) is 5.38 Å². The molecule has 1 N–H and O–H groups in total. The number of nitrogens with zero attached hydrogens (tertiary/aromatic N) is 3. The Bertz CT molecular complexity index is 513. The number of carbonyl (C=O) groups is 1. The molecule has 0 saturated carbocycles. The minimum absolute atomic E-state index is 0.199. The predicted octanol–water partition coefficient (Wildman–Crippen LogP) is 1.87. The normalized spacial score (nSPS) is 10.2. The van der Waals surface area contributed by atoms with Crippen molar-refractivity contribution in [3.8, 4) is 0 Å². The van der Waals surface area contributed by atoms with Gasteiger partial charge in [-0.1, -0.05) is 0 Å². The van der Waals surface area contributed by atoms with Crippen molar-refractivity contribution in [3.63, 3.8) is 0 Å². The molecule has 0 aliphatic carbocycles. The molecule has 2 aromatic heterocycles. The lowest BCUT2D eigenvalue weighted by Gasteiger charge is -2.18. The Kier molecular flexibility index (Phi) is 3.34. The van der Waals surface area contributed by atoms with Gasteiger partial charge in [0.2, 0.25) is 0 Å². The van der Waals surface area contributed by atoms with E-state index in [-0.39, 0.29) is 5.56 Å². The quantitative estimate of drug-likeness (QED) is 0.896. The van der Waals surface area contributed by atoms with Gasteiger partial charge in [0, 0.05) is 18.6 Å². The van der Waals surface area contributed by atoms with Crippen molar-refractivity contribution < 1.29 is 9.90 Å². The molecule has 0 aromatic carbocycles. The standard InChI is InChI=1S/C11H11N3O2S/c1-14(5-8-6-17-7-13-8)10-9(11(15)16)3-2-4-12-10/h2-4,6-7H,5H2,1H3,(H,15,16). The highest BCUT2D eigenvalue weighted by Gasteiger charge is 2.14. The van der Waals surface area contributed by atoms with Gasteiger partial charge in [-0.25, -0.2) is 14.8 Å². The molecule has 0 saturated heterocycles. The molecule has 2 heterocycles. The van der Waals surface area contributed by atoms with Crippen molar-refractivity contribution in [3.05, 3.63) is 40.5 Å². The Balaban J connectivity index is 2.24. The second-order valence-corrected chi connectivity index (χ2v) is 4.23. The van der Waals surface area contributed by atoms with Crippen LogP contribution in [0.3, 0.4) is 0 Å². The highest BCUT2D eigenvalue weighted by Crippen LogP contribution is 2.17. The molecular weight excluding hydrogens is 238 g/mol. The molecule has 88 valence electrons. The number of aromatic carboxylic acids is 1. The van der Waals surface area contributed by atoms with Gasteiger partial charge in [-0.3, -0.25) is 0 Å². The Morgan fingerprint density at radius 2 is 2.35 bits per heavy atom. The van der Waals surface area contributed by atoms with E-state index in [0.717, 1.165) is 5.69 Å². The lowest BCUT2D eigenvalue weighted by molar-refractivity contribution is 0.0697. The van der Waals surface area contributed by atoms with Crippen molar-refractivity contribution in [2.24, 2.45) is 0 Å². The first-order chi connectivity index (χ1) is 8.18. The van der Waals surface area contributed by atoms with Crippen molar-refractivity contribution in [1.82, 2.24) is 9.97 Å². The van der Waals surface area contributed by atoms with Crippen LogP contribution in [0.25, 0.3) is 0 Å². The van der Waals surface area contributed by atoms with Crippen LogP contribution in [0.5, 0.6) is 0 Å². The van der Waals surface area contributed by atoms with Gasteiger partial charge >= 0.3 is 5.97 Å². The van der Waals surface area contributed by atoms with Crippen molar-refractivity contribution >= 4 is 23.1 Å². The van der Waals surface area contributed by atoms with Gasteiger partial charge in [0.25, 0.3) is 0 Å². The van der Waals surface area contributed by atoms with Gasteiger partial charge in [-0.2, -0.15) is 0 Å². The predicted molar refractivity (Wildman–Crippen MR) is 65.4 cm³/mol. The Hall–Kier alpha value is -1.95. The minimum Gasteiger partial charge on any atom is -0.478 e. The number of pyridine rings is 1. The van der Waals surface area contributed by atoms with Crippen LogP contribution >= 0.6 is 11.3 Å². The van der Waals surface area contributed by atoms with Crippen LogP contribution in [0.4, 0.5) is 5.82 Å². The number of anilines is 1. The lowest BCUT2D eigenvalue weighted by Crippen LogP contribution is -2.20. The van der Waals surface area contributed by atoms with E-state index in [1.165, 1.54) is 11.3 Å². The maximum absolute atomic E-state index is 11.0. The molecule has 0 aliphatic rings. The monoisotopic (exact) mass is 249 g/mol. The molecule has 2 rings (SSSR count). The van der Waals surface area contributed by atoms with E-state index in [1.54, 1.807) is 35.8 Å². The molecule has 6 heteroatoms. The number of thiazole rings is 1. The SMILES string of the molecule is CN(Cc1cscn1)c1ncccc1C(=O)O. The smallest absolute Gasteiger partial charge is 0.339 e. The molecule has 5 nitrogen and oxygen atoms in total. The number of rotatable bonds is 4. The molecular formula is C11H11N3O2S. The van der Waals surface area contributed by atoms with Crippen LogP contribution in [0, 0.1) is 0 Å². The second-order valence-electron chi connectivity index (χ2n) is 3.52. The maximum Gasteiger partial charge on any atom is 0.339 e. The van der Waals surface area contributed by atoms with Gasteiger partial charge in [-0.15, -0.1) is 11.3 Å². The van der Waals surface area contributed by atoms with Gasteiger partial charge in [-0.05, 0) is 12.1 Å². The largest absolute Gasteiger partial charge is 0.478 e. The van der Waals surface area contributed by atoms with Crippen molar-refractivity contribution in [2.75, 3.05) is 11.9 Å². The average molecular weight is 249 g/mol. The molecule has 0 atom stereocenters. The summed E-state index contributed by atoms with van der Waals surface area (Å²) in [7, 11) is 1.80. The van der Waals surface area contributed by atoms with Crippen molar-refractivity contribution in [1.29, 1.82) is 0 Å². The second kappa shape index (κ2) is 4.92.